The zero-order valence-corrected chi connectivity index (χ0v) is 21.7. The summed E-state index contributed by atoms with van der Waals surface area (Å²) in [7, 11) is 0. The van der Waals surface area contributed by atoms with Gasteiger partial charge in [-0.25, -0.2) is 14.5 Å². The summed E-state index contributed by atoms with van der Waals surface area (Å²) < 4.78 is 3.79. The van der Waals surface area contributed by atoms with Gasteiger partial charge in [-0.05, 0) is 54.2 Å². The zero-order valence-electron chi connectivity index (χ0n) is 21.7. The van der Waals surface area contributed by atoms with E-state index < -0.39 is 6.09 Å². The summed E-state index contributed by atoms with van der Waals surface area (Å²) in [6.07, 6.45) is 6.23. The van der Waals surface area contributed by atoms with Gasteiger partial charge in [-0.1, -0.05) is 38.1 Å². The average Bonchev–Trinajstić information content (AvgIpc) is 3.55. The fraction of sp³-hybridized carbons (Fsp3) is 0.357. The van der Waals surface area contributed by atoms with Gasteiger partial charge >= 0.3 is 6.09 Å². The molecule has 1 fully saturated rings. The van der Waals surface area contributed by atoms with Crippen LogP contribution in [0.2, 0.25) is 0 Å². The van der Waals surface area contributed by atoms with E-state index >= 15 is 0 Å². The molecule has 6 rings (SSSR count). The molecule has 5 aromatic rings. The van der Waals surface area contributed by atoms with Gasteiger partial charge in [0.05, 0.1) is 30.0 Å². The maximum absolute atomic E-state index is 11.8. The highest BCUT2D eigenvalue weighted by Gasteiger charge is 2.39. The second-order valence-electron chi connectivity index (χ2n) is 11.1. The molecule has 1 saturated heterocycles. The first-order valence-electron chi connectivity index (χ1n) is 12.8. The van der Waals surface area contributed by atoms with Gasteiger partial charge in [-0.15, -0.1) is 5.10 Å². The van der Waals surface area contributed by atoms with Crippen LogP contribution in [0.5, 0.6) is 0 Å². The maximum atomic E-state index is 11.8. The molecule has 38 heavy (non-hydrogen) atoms. The van der Waals surface area contributed by atoms with Crippen molar-refractivity contribution >= 4 is 28.2 Å². The molecule has 1 amide bonds. The first-order chi connectivity index (χ1) is 18.3. The van der Waals surface area contributed by atoms with Crippen molar-refractivity contribution in [1.29, 1.82) is 0 Å². The number of hydrogen-bond donors (Lipinski definition) is 1. The third-order valence-electron chi connectivity index (χ3n) is 7.45. The Morgan fingerprint density at radius 1 is 1.13 bits per heavy atom. The molecule has 1 aliphatic heterocycles. The van der Waals surface area contributed by atoms with Crippen molar-refractivity contribution in [1.82, 2.24) is 39.6 Å². The first-order valence-corrected chi connectivity index (χ1v) is 12.8. The van der Waals surface area contributed by atoms with E-state index in [0.717, 1.165) is 46.1 Å². The molecule has 0 bridgehead atoms. The number of aromatic nitrogens is 7. The fourth-order valence-corrected chi connectivity index (χ4v) is 5.42. The molecule has 2 atom stereocenters. The lowest BCUT2D eigenvalue weighted by Crippen LogP contribution is -2.51. The van der Waals surface area contributed by atoms with Crippen molar-refractivity contribution in [2.75, 3.05) is 6.54 Å². The van der Waals surface area contributed by atoms with Crippen molar-refractivity contribution in [2.24, 2.45) is 5.41 Å². The van der Waals surface area contributed by atoms with Crippen LogP contribution in [0.4, 0.5) is 4.79 Å². The number of benzene rings is 1. The number of amides is 1. The molecular formula is C28H30N8O2. The molecule has 4 aromatic heterocycles. The SMILES string of the molecule is CC(C)(C)C1CC(n2cc(-c3ccc4nnn(Cc5ccc6ncccc6c5)c4n3)cn2)CCN1C(=O)O. The minimum absolute atomic E-state index is 0.0767. The van der Waals surface area contributed by atoms with Crippen LogP contribution < -0.4 is 0 Å². The lowest BCUT2D eigenvalue weighted by Gasteiger charge is -2.44. The Morgan fingerprint density at radius 3 is 2.79 bits per heavy atom. The predicted molar refractivity (Wildman–Crippen MR) is 144 cm³/mol. The van der Waals surface area contributed by atoms with Gasteiger partial charge in [-0.2, -0.15) is 5.10 Å². The van der Waals surface area contributed by atoms with Crippen LogP contribution in [0.25, 0.3) is 33.3 Å². The molecule has 0 aliphatic carbocycles. The van der Waals surface area contributed by atoms with E-state index in [0.29, 0.717) is 18.7 Å². The van der Waals surface area contributed by atoms with Gasteiger partial charge in [-0.3, -0.25) is 9.67 Å². The Kier molecular flexibility index (Phi) is 5.81. The normalized spacial score (nSPS) is 18.3. The molecule has 194 valence electrons. The zero-order chi connectivity index (χ0) is 26.4. The molecule has 0 saturated carbocycles. The number of pyridine rings is 2. The van der Waals surface area contributed by atoms with Crippen LogP contribution in [0, 0.1) is 5.41 Å². The summed E-state index contributed by atoms with van der Waals surface area (Å²) in [4.78, 5) is 22.7. The summed E-state index contributed by atoms with van der Waals surface area (Å²) in [6, 6.07) is 14.1. The highest BCUT2D eigenvalue weighted by atomic mass is 16.4. The number of hydrogen-bond acceptors (Lipinski definition) is 6. The van der Waals surface area contributed by atoms with Gasteiger partial charge in [0.25, 0.3) is 0 Å². The van der Waals surface area contributed by atoms with E-state index in [4.69, 9.17) is 4.98 Å². The highest BCUT2D eigenvalue weighted by molar-refractivity contribution is 5.79. The van der Waals surface area contributed by atoms with Crippen LogP contribution in [0.1, 0.15) is 45.2 Å². The number of carbonyl (C=O) groups is 1. The van der Waals surface area contributed by atoms with E-state index in [1.165, 1.54) is 0 Å². The quantitative estimate of drug-likeness (QED) is 0.361. The number of piperidine rings is 1. The molecule has 1 N–H and O–H groups in total. The van der Waals surface area contributed by atoms with Gasteiger partial charge in [0, 0.05) is 35.9 Å². The monoisotopic (exact) mass is 510 g/mol. The van der Waals surface area contributed by atoms with Crippen molar-refractivity contribution in [3.8, 4) is 11.3 Å². The van der Waals surface area contributed by atoms with E-state index in [1.54, 1.807) is 11.1 Å². The van der Waals surface area contributed by atoms with Crippen molar-refractivity contribution in [2.45, 2.75) is 52.2 Å². The Bertz CT molecular complexity index is 1630. The van der Waals surface area contributed by atoms with Gasteiger partial charge in [0.15, 0.2) is 5.65 Å². The molecule has 1 aliphatic rings. The summed E-state index contributed by atoms with van der Waals surface area (Å²) in [5.74, 6) is 0. The number of nitrogens with zero attached hydrogens (tertiary/aromatic N) is 8. The number of fused-ring (bicyclic) bond motifs is 2. The minimum atomic E-state index is -0.854. The largest absolute Gasteiger partial charge is 0.465 e. The van der Waals surface area contributed by atoms with Gasteiger partial charge in [0.2, 0.25) is 0 Å². The Labute approximate surface area is 219 Å². The van der Waals surface area contributed by atoms with Crippen LogP contribution in [0.3, 0.4) is 0 Å². The minimum Gasteiger partial charge on any atom is -0.465 e. The molecule has 0 radical (unpaired) electrons. The van der Waals surface area contributed by atoms with Crippen molar-refractivity contribution < 1.29 is 9.90 Å². The summed E-state index contributed by atoms with van der Waals surface area (Å²) in [5, 5.41) is 24.1. The van der Waals surface area contributed by atoms with Gasteiger partial charge < -0.3 is 10.0 Å². The van der Waals surface area contributed by atoms with Crippen molar-refractivity contribution in [3.63, 3.8) is 0 Å². The lowest BCUT2D eigenvalue weighted by molar-refractivity contribution is 0.0408. The van der Waals surface area contributed by atoms with E-state index in [2.05, 4.69) is 59.4 Å². The Balaban J connectivity index is 1.25. The summed E-state index contributed by atoms with van der Waals surface area (Å²) in [5.41, 5.74) is 5.04. The van der Waals surface area contributed by atoms with Crippen LogP contribution in [0.15, 0.2) is 61.1 Å². The molecule has 10 nitrogen and oxygen atoms in total. The third-order valence-corrected chi connectivity index (χ3v) is 7.45. The number of carboxylic acid groups (broad SMARTS) is 1. The van der Waals surface area contributed by atoms with E-state index in [9.17, 15) is 9.90 Å². The van der Waals surface area contributed by atoms with Gasteiger partial charge in [0.1, 0.15) is 5.52 Å². The average molecular weight is 511 g/mol. The lowest BCUT2D eigenvalue weighted by atomic mass is 9.79. The van der Waals surface area contributed by atoms with E-state index in [-0.39, 0.29) is 17.5 Å². The number of likely N-dealkylation sites (tertiary alicyclic amines) is 1. The predicted octanol–water partition coefficient (Wildman–Crippen LogP) is 5.02. The van der Waals surface area contributed by atoms with Crippen LogP contribution in [-0.4, -0.2) is 63.4 Å². The van der Waals surface area contributed by atoms with Crippen LogP contribution >= 0.6 is 0 Å². The number of rotatable bonds is 4. The Morgan fingerprint density at radius 2 is 1.97 bits per heavy atom. The summed E-state index contributed by atoms with van der Waals surface area (Å²) in [6.45, 7) is 7.32. The van der Waals surface area contributed by atoms with Crippen molar-refractivity contribution in [3.05, 3.63) is 66.6 Å². The molecular weight excluding hydrogens is 480 g/mol. The second-order valence-corrected chi connectivity index (χ2v) is 11.1. The first kappa shape index (κ1) is 24.0. The molecule has 10 heteroatoms. The topological polar surface area (TPSA) is 115 Å². The second kappa shape index (κ2) is 9.20. The highest BCUT2D eigenvalue weighted by Crippen LogP contribution is 2.37. The van der Waals surface area contributed by atoms with Crippen LogP contribution in [-0.2, 0) is 6.54 Å². The molecule has 2 unspecified atom stereocenters. The fourth-order valence-electron chi connectivity index (χ4n) is 5.42. The molecule has 5 heterocycles. The molecule has 1 aromatic carbocycles. The molecule has 0 spiro atoms. The smallest absolute Gasteiger partial charge is 0.407 e. The van der Waals surface area contributed by atoms with E-state index in [1.807, 2.05) is 46.0 Å². The standard InChI is InChI=1S/C28H30N8O2/c1-28(2,3)25-14-21(10-12-34(25)27(37)38)35-17-20(15-30-35)23-8-9-24-26(31-23)36(33-32-24)16-18-6-7-22-19(13-18)5-4-11-29-22/h4-9,11,13,15,17,21,25H,10,12,14,16H2,1-3H3,(H,37,38). The Hall–Kier alpha value is -4.34. The third kappa shape index (κ3) is 4.46. The maximum Gasteiger partial charge on any atom is 0.407 e. The summed E-state index contributed by atoms with van der Waals surface area (Å²) >= 11 is 0.